The van der Waals surface area contributed by atoms with Crippen molar-refractivity contribution in [1.29, 1.82) is 5.26 Å². The van der Waals surface area contributed by atoms with Crippen molar-refractivity contribution in [2.24, 2.45) is 0 Å². The molecule has 2 aromatic rings. The van der Waals surface area contributed by atoms with E-state index < -0.39 is 0 Å². The van der Waals surface area contributed by atoms with Crippen molar-refractivity contribution in [2.45, 2.75) is 0 Å². The van der Waals surface area contributed by atoms with Crippen LogP contribution in [0.4, 0.5) is 0 Å². The number of hydrogen-bond acceptors (Lipinski definition) is 3. The lowest BCUT2D eigenvalue weighted by molar-refractivity contribution is 0.584. The zero-order valence-corrected chi connectivity index (χ0v) is 6.67. The number of halogens is 1. The molecule has 1 heterocycles. The molecule has 2 rings (SSSR count). The molecule has 4 heteroatoms. The molecule has 1 aromatic heterocycles. The van der Waals surface area contributed by atoms with Gasteiger partial charge in [-0.3, -0.25) is 0 Å². The fraction of sp³-hybridized carbons (Fsp3) is 0. The largest absolute Gasteiger partial charge is 0.427 e. The molecule has 0 saturated heterocycles. The zero-order chi connectivity index (χ0) is 8.55. The summed E-state index contributed by atoms with van der Waals surface area (Å²) >= 11 is 5.78. The van der Waals surface area contributed by atoms with Gasteiger partial charge >= 0.3 is 5.89 Å². The van der Waals surface area contributed by atoms with Crippen molar-refractivity contribution in [3.05, 3.63) is 29.1 Å². The Balaban J connectivity index is 2.85. The summed E-state index contributed by atoms with van der Waals surface area (Å²) in [5.74, 6) is 0.0399. The Hall–Kier alpha value is -1.53. The summed E-state index contributed by atoms with van der Waals surface area (Å²) in [4.78, 5) is 3.88. The lowest BCUT2D eigenvalue weighted by atomic mass is 10.3. The lowest BCUT2D eigenvalue weighted by Crippen LogP contribution is -1.68. The van der Waals surface area contributed by atoms with Crippen LogP contribution >= 0.6 is 11.6 Å². The SMILES string of the molecule is N#Cc1nc2cccc(Cl)c2o1. The summed E-state index contributed by atoms with van der Waals surface area (Å²) in [5.41, 5.74) is 1.08. The number of nitrogens with zero attached hydrogens (tertiary/aromatic N) is 2. The summed E-state index contributed by atoms with van der Waals surface area (Å²) in [5, 5.41) is 8.95. The van der Waals surface area contributed by atoms with Crippen LogP contribution in [0.1, 0.15) is 5.89 Å². The predicted molar refractivity (Wildman–Crippen MR) is 43.7 cm³/mol. The Labute approximate surface area is 73.2 Å². The maximum Gasteiger partial charge on any atom is 0.301 e. The van der Waals surface area contributed by atoms with E-state index in [1.807, 2.05) is 6.07 Å². The molecule has 0 aliphatic heterocycles. The van der Waals surface area contributed by atoms with Crippen molar-refractivity contribution in [3.63, 3.8) is 0 Å². The first kappa shape index (κ1) is 7.14. The smallest absolute Gasteiger partial charge is 0.301 e. The first-order valence-corrected chi connectivity index (χ1v) is 3.64. The second-order valence-electron chi connectivity index (χ2n) is 2.22. The molecule has 0 unspecified atom stereocenters. The van der Waals surface area contributed by atoms with E-state index >= 15 is 0 Å². The molecule has 0 spiro atoms. The van der Waals surface area contributed by atoms with Gasteiger partial charge in [0, 0.05) is 0 Å². The summed E-state index contributed by atoms with van der Waals surface area (Å²) in [6.45, 7) is 0. The summed E-state index contributed by atoms with van der Waals surface area (Å²) in [6, 6.07) is 7.00. The van der Waals surface area contributed by atoms with Gasteiger partial charge in [0.2, 0.25) is 0 Å². The van der Waals surface area contributed by atoms with Crippen molar-refractivity contribution in [1.82, 2.24) is 4.98 Å². The van der Waals surface area contributed by atoms with Crippen molar-refractivity contribution in [3.8, 4) is 6.07 Å². The summed E-state index contributed by atoms with van der Waals surface area (Å²) in [6.07, 6.45) is 0. The number of fused-ring (bicyclic) bond motifs is 1. The average molecular weight is 179 g/mol. The number of hydrogen-bond donors (Lipinski definition) is 0. The van der Waals surface area contributed by atoms with Crippen molar-refractivity contribution < 1.29 is 4.42 Å². The van der Waals surface area contributed by atoms with Crippen molar-refractivity contribution >= 4 is 22.7 Å². The Morgan fingerprint density at radius 1 is 1.50 bits per heavy atom. The molecule has 3 nitrogen and oxygen atoms in total. The number of benzene rings is 1. The maximum absolute atomic E-state index is 8.48. The molecule has 0 bridgehead atoms. The molecule has 0 aliphatic carbocycles. The van der Waals surface area contributed by atoms with E-state index in [-0.39, 0.29) is 5.89 Å². The quantitative estimate of drug-likeness (QED) is 0.622. The number of rotatable bonds is 0. The molecule has 58 valence electrons. The minimum absolute atomic E-state index is 0.0399. The molecule has 0 amide bonds. The maximum atomic E-state index is 8.48. The average Bonchev–Trinajstić information content (AvgIpc) is 2.49. The zero-order valence-electron chi connectivity index (χ0n) is 5.91. The van der Waals surface area contributed by atoms with Crippen LogP contribution in [-0.2, 0) is 0 Å². The van der Waals surface area contributed by atoms with Gasteiger partial charge in [0.15, 0.2) is 11.7 Å². The Bertz CT molecular complexity index is 469. The normalized spacial score (nSPS) is 10.0. The highest BCUT2D eigenvalue weighted by molar-refractivity contribution is 6.34. The molecular weight excluding hydrogens is 176 g/mol. The van der Waals surface area contributed by atoms with E-state index in [0.717, 1.165) is 0 Å². The van der Waals surface area contributed by atoms with Crippen LogP contribution in [0.15, 0.2) is 22.6 Å². The van der Waals surface area contributed by atoms with Gasteiger partial charge < -0.3 is 4.42 Å². The van der Waals surface area contributed by atoms with Gasteiger partial charge in [-0.15, -0.1) is 0 Å². The van der Waals surface area contributed by atoms with Gasteiger partial charge in [0.05, 0.1) is 5.02 Å². The second-order valence-corrected chi connectivity index (χ2v) is 2.63. The highest BCUT2D eigenvalue weighted by atomic mass is 35.5. The van der Waals surface area contributed by atoms with E-state index in [1.54, 1.807) is 18.2 Å². The third-order valence-corrected chi connectivity index (χ3v) is 1.76. The van der Waals surface area contributed by atoms with E-state index in [4.69, 9.17) is 21.3 Å². The van der Waals surface area contributed by atoms with Crippen LogP contribution < -0.4 is 0 Å². The molecule has 0 radical (unpaired) electrons. The van der Waals surface area contributed by atoms with Crippen LogP contribution in [-0.4, -0.2) is 4.98 Å². The molecule has 1 aromatic carbocycles. The Morgan fingerprint density at radius 3 is 3.00 bits per heavy atom. The van der Waals surface area contributed by atoms with E-state index in [2.05, 4.69) is 4.98 Å². The molecule has 0 fully saturated rings. The fourth-order valence-corrected chi connectivity index (χ4v) is 1.17. The third kappa shape index (κ3) is 0.936. The minimum atomic E-state index is 0.0399. The van der Waals surface area contributed by atoms with Crippen LogP contribution in [0.25, 0.3) is 11.1 Å². The third-order valence-electron chi connectivity index (χ3n) is 1.46. The Kier molecular flexibility index (Phi) is 1.49. The topological polar surface area (TPSA) is 49.8 Å². The van der Waals surface area contributed by atoms with Gasteiger partial charge in [-0.05, 0) is 12.1 Å². The fourth-order valence-electron chi connectivity index (χ4n) is 0.963. The number of nitriles is 1. The van der Waals surface area contributed by atoms with E-state index in [9.17, 15) is 0 Å². The lowest BCUT2D eigenvalue weighted by Gasteiger charge is -1.86. The highest BCUT2D eigenvalue weighted by Gasteiger charge is 2.06. The molecule has 0 saturated carbocycles. The van der Waals surface area contributed by atoms with Gasteiger partial charge in [0.25, 0.3) is 0 Å². The van der Waals surface area contributed by atoms with E-state index in [1.165, 1.54) is 0 Å². The van der Waals surface area contributed by atoms with E-state index in [0.29, 0.717) is 16.1 Å². The van der Waals surface area contributed by atoms with Gasteiger partial charge in [-0.1, -0.05) is 17.7 Å². The second kappa shape index (κ2) is 2.50. The number of para-hydroxylation sites is 1. The van der Waals surface area contributed by atoms with Crippen LogP contribution in [0.5, 0.6) is 0 Å². The van der Waals surface area contributed by atoms with Gasteiger partial charge in [-0.25, -0.2) is 0 Å². The summed E-state index contributed by atoms with van der Waals surface area (Å²) < 4.78 is 5.04. The van der Waals surface area contributed by atoms with Crippen LogP contribution in [0, 0.1) is 11.3 Å². The first-order chi connectivity index (χ1) is 5.81. The predicted octanol–water partition coefficient (Wildman–Crippen LogP) is 2.35. The van der Waals surface area contributed by atoms with Crippen molar-refractivity contribution in [2.75, 3.05) is 0 Å². The number of oxazole rings is 1. The van der Waals surface area contributed by atoms with Gasteiger partial charge in [0.1, 0.15) is 5.52 Å². The van der Waals surface area contributed by atoms with Crippen LogP contribution in [0.2, 0.25) is 5.02 Å². The number of aromatic nitrogens is 1. The molecular formula is C8H3ClN2O. The van der Waals surface area contributed by atoms with Crippen LogP contribution in [0.3, 0.4) is 0 Å². The minimum Gasteiger partial charge on any atom is -0.427 e. The molecule has 0 N–H and O–H groups in total. The molecule has 12 heavy (non-hydrogen) atoms. The monoisotopic (exact) mass is 178 g/mol. The first-order valence-electron chi connectivity index (χ1n) is 3.26. The highest BCUT2D eigenvalue weighted by Crippen LogP contribution is 2.23. The Morgan fingerprint density at radius 2 is 2.33 bits per heavy atom. The summed E-state index contributed by atoms with van der Waals surface area (Å²) in [7, 11) is 0. The molecule has 0 atom stereocenters. The molecule has 0 aliphatic rings. The van der Waals surface area contributed by atoms with Gasteiger partial charge in [-0.2, -0.15) is 10.2 Å². The standard InChI is InChI=1S/C8H3ClN2O/c9-5-2-1-3-6-8(5)12-7(4-10)11-6/h1-3H.